The van der Waals surface area contributed by atoms with Crippen molar-refractivity contribution in [2.45, 2.75) is 0 Å². The fourth-order valence-corrected chi connectivity index (χ4v) is 1.68. The molecule has 2 rings (SSSR count). The third-order valence-corrected chi connectivity index (χ3v) is 2.69. The molecule has 0 aliphatic rings. The molecule has 2 aromatic rings. The van der Waals surface area contributed by atoms with Crippen molar-refractivity contribution in [3.8, 4) is 16.9 Å². The summed E-state index contributed by atoms with van der Waals surface area (Å²) in [5.41, 5.74) is 6.97. The van der Waals surface area contributed by atoms with Crippen molar-refractivity contribution in [3.63, 3.8) is 0 Å². The maximum atomic E-state index is 11.1. The normalized spacial score (nSPS) is 10.2. The van der Waals surface area contributed by atoms with Gasteiger partial charge in [-0.3, -0.25) is 4.79 Å². The van der Waals surface area contributed by atoms with Gasteiger partial charge in [-0.2, -0.15) is 0 Å². The summed E-state index contributed by atoms with van der Waals surface area (Å²) in [6, 6.07) is 11.9. The van der Waals surface area contributed by atoms with Crippen molar-refractivity contribution in [1.29, 1.82) is 0 Å². The Hall–Kier alpha value is -2.00. The second-order valence-corrected chi connectivity index (χ2v) is 4.04. The van der Waals surface area contributed by atoms with E-state index >= 15 is 0 Å². The van der Waals surface area contributed by atoms with Gasteiger partial charge < -0.3 is 10.8 Å². The van der Waals surface area contributed by atoms with Crippen LogP contribution in [-0.2, 0) is 0 Å². The summed E-state index contributed by atoms with van der Waals surface area (Å²) < 4.78 is 0. The molecule has 0 bridgehead atoms. The van der Waals surface area contributed by atoms with Crippen molar-refractivity contribution in [2.24, 2.45) is 5.73 Å². The molecule has 0 heterocycles. The Morgan fingerprint density at radius 2 is 1.65 bits per heavy atom. The van der Waals surface area contributed by atoms with Crippen LogP contribution in [0.3, 0.4) is 0 Å². The number of benzene rings is 2. The Kier molecular flexibility index (Phi) is 3.02. The number of nitrogens with two attached hydrogens (primary N) is 1. The summed E-state index contributed by atoms with van der Waals surface area (Å²) in [5.74, 6) is -0.770. The second-order valence-electron chi connectivity index (χ2n) is 3.60. The molecule has 0 aromatic heterocycles. The van der Waals surface area contributed by atoms with Crippen molar-refractivity contribution < 1.29 is 9.90 Å². The summed E-state index contributed by atoms with van der Waals surface area (Å²) in [5, 5.41) is 10.1. The average molecular weight is 248 g/mol. The van der Waals surface area contributed by atoms with E-state index in [9.17, 15) is 9.90 Å². The van der Waals surface area contributed by atoms with Crippen LogP contribution in [0.2, 0.25) is 5.02 Å². The lowest BCUT2D eigenvalue weighted by Crippen LogP contribution is -2.11. The van der Waals surface area contributed by atoms with E-state index in [2.05, 4.69) is 0 Å². The van der Waals surface area contributed by atoms with E-state index in [1.54, 1.807) is 24.3 Å². The highest BCUT2D eigenvalue weighted by molar-refractivity contribution is 6.30. The van der Waals surface area contributed by atoms with Crippen LogP contribution in [-0.4, -0.2) is 11.0 Å². The Morgan fingerprint density at radius 3 is 2.24 bits per heavy atom. The van der Waals surface area contributed by atoms with Gasteiger partial charge in [0.05, 0.1) is 5.56 Å². The van der Waals surface area contributed by atoms with Gasteiger partial charge in [-0.1, -0.05) is 29.8 Å². The highest BCUT2D eigenvalue weighted by atomic mass is 35.5. The fourth-order valence-electron chi connectivity index (χ4n) is 1.56. The van der Waals surface area contributed by atoms with E-state index in [0.717, 1.165) is 11.1 Å². The number of amides is 1. The second kappa shape index (κ2) is 4.47. The molecular formula is C13H10ClNO2. The van der Waals surface area contributed by atoms with E-state index in [-0.39, 0.29) is 11.3 Å². The Balaban J connectivity index is 2.50. The number of carbonyl (C=O) groups excluding carboxylic acids is 1. The van der Waals surface area contributed by atoms with Crippen molar-refractivity contribution in [3.05, 3.63) is 53.1 Å². The van der Waals surface area contributed by atoms with Gasteiger partial charge in [-0.15, -0.1) is 0 Å². The lowest BCUT2D eigenvalue weighted by atomic mass is 10.0. The van der Waals surface area contributed by atoms with Gasteiger partial charge in [0.2, 0.25) is 0 Å². The first kappa shape index (κ1) is 11.5. The van der Waals surface area contributed by atoms with Crippen LogP contribution < -0.4 is 5.73 Å². The number of rotatable bonds is 2. The van der Waals surface area contributed by atoms with Crippen LogP contribution in [0.5, 0.6) is 5.75 Å². The molecule has 0 radical (unpaired) electrons. The van der Waals surface area contributed by atoms with Gasteiger partial charge >= 0.3 is 0 Å². The molecular weight excluding hydrogens is 238 g/mol. The van der Waals surface area contributed by atoms with Crippen molar-refractivity contribution in [2.75, 3.05) is 0 Å². The van der Waals surface area contributed by atoms with E-state index in [4.69, 9.17) is 17.3 Å². The summed E-state index contributed by atoms with van der Waals surface area (Å²) >= 11 is 5.79. The molecule has 4 heteroatoms. The topological polar surface area (TPSA) is 63.3 Å². The van der Waals surface area contributed by atoms with E-state index in [0.29, 0.717) is 5.02 Å². The zero-order chi connectivity index (χ0) is 12.4. The summed E-state index contributed by atoms with van der Waals surface area (Å²) in [6.45, 7) is 0. The first-order valence-electron chi connectivity index (χ1n) is 4.96. The molecule has 0 saturated heterocycles. The van der Waals surface area contributed by atoms with Gasteiger partial charge in [0.15, 0.2) is 0 Å². The predicted octanol–water partition coefficient (Wildman–Crippen LogP) is 2.81. The Labute approximate surface area is 103 Å². The highest BCUT2D eigenvalue weighted by Crippen LogP contribution is 2.26. The number of hydrogen-bond donors (Lipinski definition) is 2. The number of carbonyl (C=O) groups is 1. The smallest absolute Gasteiger partial charge is 0.252 e. The number of halogens is 1. The van der Waals surface area contributed by atoms with E-state index < -0.39 is 5.91 Å². The standard InChI is InChI=1S/C13H10ClNO2/c14-10-4-1-8(2-5-10)9-3-6-12(16)11(7-9)13(15)17/h1-7,16H,(H2,15,17). The van der Waals surface area contributed by atoms with Crippen LogP contribution in [0.1, 0.15) is 10.4 Å². The maximum absolute atomic E-state index is 11.1. The molecule has 0 unspecified atom stereocenters. The Bertz CT molecular complexity index is 564. The number of primary amides is 1. The third-order valence-electron chi connectivity index (χ3n) is 2.44. The third kappa shape index (κ3) is 2.40. The van der Waals surface area contributed by atoms with Crippen LogP contribution in [0.25, 0.3) is 11.1 Å². The largest absolute Gasteiger partial charge is 0.507 e. The van der Waals surface area contributed by atoms with E-state index in [1.165, 1.54) is 6.07 Å². The molecule has 0 saturated carbocycles. The van der Waals surface area contributed by atoms with Crippen molar-refractivity contribution in [1.82, 2.24) is 0 Å². The predicted molar refractivity (Wildman–Crippen MR) is 67.1 cm³/mol. The van der Waals surface area contributed by atoms with Crippen molar-refractivity contribution >= 4 is 17.5 Å². The molecule has 0 aliphatic heterocycles. The monoisotopic (exact) mass is 247 g/mol. The number of hydrogen-bond acceptors (Lipinski definition) is 2. The number of phenols is 1. The van der Waals surface area contributed by atoms with Gasteiger partial charge in [0.1, 0.15) is 5.75 Å². The van der Waals surface area contributed by atoms with Gasteiger partial charge in [0, 0.05) is 5.02 Å². The zero-order valence-electron chi connectivity index (χ0n) is 8.85. The molecule has 0 spiro atoms. The van der Waals surface area contributed by atoms with Crippen LogP contribution in [0, 0.1) is 0 Å². The molecule has 0 fully saturated rings. The van der Waals surface area contributed by atoms with Gasteiger partial charge in [-0.25, -0.2) is 0 Å². The molecule has 3 nitrogen and oxygen atoms in total. The van der Waals surface area contributed by atoms with Gasteiger partial charge in [0.25, 0.3) is 5.91 Å². The number of aromatic hydroxyl groups is 1. The van der Waals surface area contributed by atoms with Gasteiger partial charge in [-0.05, 0) is 35.4 Å². The summed E-state index contributed by atoms with van der Waals surface area (Å²) in [6.07, 6.45) is 0. The molecule has 0 aliphatic carbocycles. The fraction of sp³-hybridized carbons (Fsp3) is 0. The first-order chi connectivity index (χ1) is 8.08. The van der Waals surface area contributed by atoms with Crippen LogP contribution in [0.15, 0.2) is 42.5 Å². The minimum absolute atomic E-state index is 0.109. The van der Waals surface area contributed by atoms with E-state index in [1.807, 2.05) is 12.1 Å². The maximum Gasteiger partial charge on any atom is 0.252 e. The molecule has 2 aromatic carbocycles. The minimum Gasteiger partial charge on any atom is -0.507 e. The van der Waals surface area contributed by atoms with Crippen LogP contribution >= 0.6 is 11.6 Å². The molecule has 3 N–H and O–H groups in total. The average Bonchev–Trinajstić information content (AvgIpc) is 2.30. The molecule has 86 valence electrons. The lowest BCUT2D eigenvalue weighted by molar-refractivity contribution is 0.0998. The summed E-state index contributed by atoms with van der Waals surface area (Å²) in [7, 11) is 0. The SMILES string of the molecule is NC(=O)c1cc(-c2ccc(Cl)cc2)ccc1O. The quantitative estimate of drug-likeness (QED) is 0.857. The molecule has 1 amide bonds. The van der Waals surface area contributed by atoms with Crippen LogP contribution in [0.4, 0.5) is 0 Å². The summed E-state index contributed by atoms with van der Waals surface area (Å²) in [4.78, 5) is 11.1. The molecule has 0 atom stereocenters. The molecule has 17 heavy (non-hydrogen) atoms. The lowest BCUT2D eigenvalue weighted by Gasteiger charge is -2.05. The Morgan fingerprint density at radius 1 is 1.06 bits per heavy atom. The zero-order valence-corrected chi connectivity index (χ0v) is 9.61. The minimum atomic E-state index is -0.654. The highest BCUT2D eigenvalue weighted by Gasteiger charge is 2.09. The first-order valence-corrected chi connectivity index (χ1v) is 5.34.